The van der Waals surface area contributed by atoms with Gasteiger partial charge in [-0.3, -0.25) is 9.59 Å². The molecule has 0 fully saturated rings. The highest BCUT2D eigenvalue weighted by molar-refractivity contribution is 5.85. The topological polar surface area (TPSA) is 75.6 Å². The molecule has 5 heteroatoms. The van der Waals surface area contributed by atoms with Crippen molar-refractivity contribution in [3.05, 3.63) is 29.8 Å². The van der Waals surface area contributed by atoms with E-state index in [1.807, 2.05) is 24.3 Å². The van der Waals surface area contributed by atoms with Gasteiger partial charge >= 0.3 is 5.97 Å². The number of rotatable bonds is 7. The van der Waals surface area contributed by atoms with Crippen LogP contribution in [0.15, 0.2) is 24.3 Å². The van der Waals surface area contributed by atoms with Crippen molar-refractivity contribution in [1.82, 2.24) is 5.32 Å². The molecule has 0 radical (unpaired) electrons. The van der Waals surface area contributed by atoms with E-state index in [0.29, 0.717) is 11.7 Å². The molecular formula is C16H23NO4. The summed E-state index contributed by atoms with van der Waals surface area (Å²) in [5, 5.41) is 10.9. The van der Waals surface area contributed by atoms with Crippen molar-refractivity contribution in [2.75, 3.05) is 13.2 Å². The number of hydrogen-bond donors (Lipinski definition) is 2. The normalized spacial score (nSPS) is 11.3. The van der Waals surface area contributed by atoms with Crippen LogP contribution in [-0.2, 0) is 9.59 Å². The van der Waals surface area contributed by atoms with Gasteiger partial charge < -0.3 is 15.2 Å². The minimum atomic E-state index is -1.07. The Hall–Kier alpha value is -2.04. The van der Waals surface area contributed by atoms with Crippen LogP contribution in [0.25, 0.3) is 0 Å². The third-order valence-corrected chi connectivity index (χ3v) is 3.16. The van der Waals surface area contributed by atoms with Crippen LogP contribution in [0.5, 0.6) is 5.75 Å². The van der Waals surface area contributed by atoms with Gasteiger partial charge in [-0.25, -0.2) is 0 Å². The van der Waals surface area contributed by atoms with E-state index in [1.165, 1.54) is 5.56 Å². The predicted octanol–water partition coefficient (Wildman–Crippen LogP) is 2.42. The first kappa shape index (κ1) is 17.0. The van der Waals surface area contributed by atoms with E-state index < -0.39 is 11.4 Å². The molecule has 0 aliphatic carbocycles. The Bertz CT molecular complexity index is 492. The molecule has 0 saturated carbocycles. The molecule has 21 heavy (non-hydrogen) atoms. The highest BCUT2D eigenvalue weighted by Gasteiger charge is 2.28. The van der Waals surface area contributed by atoms with Crippen molar-refractivity contribution < 1.29 is 19.4 Å². The van der Waals surface area contributed by atoms with Crippen molar-refractivity contribution >= 4 is 11.9 Å². The van der Waals surface area contributed by atoms with E-state index in [4.69, 9.17) is 9.84 Å². The van der Waals surface area contributed by atoms with E-state index in [0.717, 1.165) is 0 Å². The molecule has 0 aromatic heterocycles. The SMILES string of the molecule is CC(C)c1ccc(OCC(C)(C)C(=O)NCC(=O)O)cc1. The van der Waals surface area contributed by atoms with E-state index in [2.05, 4.69) is 19.2 Å². The monoisotopic (exact) mass is 293 g/mol. The average molecular weight is 293 g/mol. The molecule has 0 unspecified atom stereocenters. The molecule has 116 valence electrons. The van der Waals surface area contributed by atoms with Gasteiger partial charge in [0.2, 0.25) is 5.91 Å². The van der Waals surface area contributed by atoms with Crippen molar-refractivity contribution in [3.63, 3.8) is 0 Å². The smallest absolute Gasteiger partial charge is 0.322 e. The molecule has 0 spiro atoms. The second-order valence-electron chi connectivity index (χ2n) is 5.97. The molecule has 2 N–H and O–H groups in total. The maximum Gasteiger partial charge on any atom is 0.322 e. The van der Waals surface area contributed by atoms with E-state index in [1.54, 1.807) is 13.8 Å². The number of carboxylic acid groups (broad SMARTS) is 1. The summed E-state index contributed by atoms with van der Waals surface area (Å²) < 4.78 is 5.63. The number of hydrogen-bond acceptors (Lipinski definition) is 3. The molecule has 1 rings (SSSR count). The van der Waals surface area contributed by atoms with Crippen LogP contribution in [0, 0.1) is 5.41 Å². The molecule has 1 amide bonds. The number of ether oxygens (including phenoxy) is 1. The number of aliphatic carboxylic acids is 1. The molecule has 5 nitrogen and oxygen atoms in total. The molecule has 1 aromatic carbocycles. The molecule has 0 aliphatic heterocycles. The number of carboxylic acids is 1. The van der Waals surface area contributed by atoms with Gasteiger partial charge in [0.1, 0.15) is 18.9 Å². The molecule has 0 aliphatic rings. The number of nitrogens with one attached hydrogen (secondary N) is 1. The maximum atomic E-state index is 11.9. The van der Waals surface area contributed by atoms with Gasteiger partial charge in [-0.1, -0.05) is 26.0 Å². The van der Waals surface area contributed by atoms with Gasteiger partial charge in [0.25, 0.3) is 0 Å². The summed E-state index contributed by atoms with van der Waals surface area (Å²) in [5.74, 6) is -0.260. The molecular weight excluding hydrogens is 270 g/mol. The molecule has 0 heterocycles. The van der Waals surface area contributed by atoms with Crippen molar-refractivity contribution in [1.29, 1.82) is 0 Å². The quantitative estimate of drug-likeness (QED) is 0.809. The maximum absolute atomic E-state index is 11.9. The zero-order chi connectivity index (χ0) is 16.0. The van der Waals surface area contributed by atoms with Crippen molar-refractivity contribution in [2.24, 2.45) is 5.41 Å². The Morgan fingerprint density at radius 2 is 1.81 bits per heavy atom. The van der Waals surface area contributed by atoms with Gasteiger partial charge in [-0.05, 0) is 37.5 Å². The summed E-state index contributed by atoms with van der Waals surface area (Å²) >= 11 is 0. The van der Waals surface area contributed by atoms with Crippen molar-refractivity contribution in [3.8, 4) is 5.75 Å². The van der Waals surface area contributed by atoms with Crippen LogP contribution in [-0.4, -0.2) is 30.1 Å². The number of benzene rings is 1. The summed E-state index contributed by atoms with van der Waals surface area (Å²) in [7, 11) is 0. The van der Waals surface area contributed by atoms with Gasteiger partial charge in [-0.15, -0.1) is 0 Å². The summed E-state index contributed by atoms with van der Waals surface area (Å²) in [4.78, 5) is 22.3. The van der Waals surface area contributed by atoms with Gasteiger partial charge in [-0.2, -0.15) is 0 Å². The number of carbonyl (C=O) groups excluding carboxylic acids is 1. The lowest BCUT2D eigenvalue weighted by Gasteiger charge is -2.23. The van der Waals surface area contributed by atoms with Gasteiger partial charge in [0.15, 0.2) is 0 Å². The fraction of sp³-hybridized carbons (Fsp3) is 0.500. The Balaban J connectivity index is 2.55. The Labute approximate surface area is 125 Å². The predicted molar refractivity (Wildman–Crippen MR) is 80.5 cm³/mol. The second-order valence-corrected chi connectivity index (χ2v) is 5.97. The Morgan fingerprint density at radius 3 is 2.29 bits per heavy atom. The first-order valence-electron chi connectivity index (χ1n) is 6.95. The fourth-order valence-corrected chi connectivity index (χ4v) is 1.67. The van der Waals surface area contributed by atoms with Gasteiger partial charge in [0, 0.05) is 0 Å². The largest absolute Gasteiger partial charge is 0.492 e. The van der Waals surface area contributed by atoms with Crippen LogP contribution in [0.2, 0.25) is 0 Å². The first-order chi connectivity index (χ1) is 9.72. The zero-order valence-corrected chi connectivity index (χ0v) is 13.0. The lowest BCUT2D eigenvalue weighted by molar-refractivity contribution is -0.140. The zero-order valence-electron chi connectivity index (χ0n) is 13.0. The third-order valence-electron chi connectivity index (χ3n) is 3.16. The highest BCUT2D eigenvalue weighted by atomic mass is 16.5. The van der Waals surface area contributed by atoms with Crippen LogP contribution >= 0.6 is 0 Å². The second kappa shape index (κ2) is 7.11. The molecule has 0 saturated heterocycles. The first-order valence-corrected chi connectivity index (χ1v) is 6.95. The van der Waals surface area contributed by atoms with Crippen LogP contribution in [0.1, 0.15) is 39.2 Å². The minimum absolute atomic E-state index is 0.180. The molecule has 0 atom stereocenters. The van der Waals surface area contributed by atoms with E-state index in [9.17, 15) is 9.59 Å². The number of carbonyl (C=O) groups is 2. The Kier molecular flexibility index (Phi) is 5.76. The minimum Gasteiger partial charge on any atom is -0.492 e. The summed E-state index contributed by atoms with van der Waals surface area (Å²) in [5.41, 5.74) is 0.424. The summed E-state index contributed by atoms with van der Waals surface area (Å²) in [6, 6.07) is 7.75. The Morgan fingerprint density at radius 1 is 1.24 bits per heavy atom. The fourth-order valence-electron chi connectivity index (χ4n) is 1.67. The highest BCUT2D eigenvalue weighted by Crippen LogP contribution is 2.21. The lowest BCUT2D eigenvalue weighted by atomic mass is 9.93. The summed E-state index contributed by atoms with van der Waals surface area (Å²) in [6.07, 6.45) is 0. The van der Waals surface area contributed by atoms with Crippen LogP contribution in [0.4, 0.5) is 0 Å². The van der Waals surface area contributed by atoms with E-state index in [-0.39, 0.29) is 19.1 Å². The third kappa shape index (κ3) is 5.45. The standard InChI is InChI=1S/C16H23NO4/c1-11(2)12-5-7-13(8-6-12)21-10-16(3,4)15(20)17-9-14(18)19/h5-8,11H,9-10H2,1-4H3,(H,17,20)(H,18,19). The molecule has 1 aromatic rings. The average Bonchev–Trinajstić information content (AvgIpc) is 2.42. The summed E-state index contributed by atoms with van der Waals surface area (Å²) in [6.45, 7) is 7.46. The lowest BCUT2D eigenvalue weighted by Crippen LogP contribution is -2.42. The molecule has 0 bridgehead atoms. The van der Waals surface area contributed by atoms with E-state index >= 15 is 0 Å². The van der Waals surface area contributed by atoms with Gasteiger partial charge in [0.05, 0.1) is 5.41 Å². The number of amides is 1. The van der Waals surface area contributed by atoms with Crippen molar-refractivity contribution in [2.45, 2.75) is 33.6 Å². The van der Waals surface area contributed by atoms with Crippen LogP contribution in [0.3, 0.4) is 0 Å². The van der Waals surface area contributed by atoms with Crippen LogP contribution < -0.4 is 10.1 Å².